The molecule has 15 heavy (non-hydrogen) atoms. The zero-order valence-corrected chi connectivity index (χ0v) is 7.90. The van der Waals surface area contributed by atoms with Gasteiger partial charge >= 0.3 is 12.0 Å². The van der Waals surface area contributed by atoms with Crippen molar-refractivity contribution in [2.24, 2.45) is 5.73 Å². The van der Waals surface area contributed by atoms with Gasteiger partial charge in [0.05, 0.1) is 0 Å². The zero-order chi connectivity index (χ0) is 11.3. The van der Waals surface area contributed by atoms with Gasteiger partial charge < -0.3 is 15.8 Å². The molecule has 3 N–H and O–H groups in total. The molecular weight excluding hydrogens is 196 g/mol. The number of primary amides is 1. The molecule has 0 atom stereocenters. The van der Waals surface area contributed by atoms with Gasteiger partial charge in [0.15, 0.2) is 0 Å². The van der Waals surface area contributed by atoms with Crippen LogP contribution in [0.25, 0.3) is 0 Å². The van der Waals surface area contributed by atoms with E-state index in [0.717, 1.165) is 6.08 Å². The molecule has 0 unspecified atom stereocenters. The summed E-state index contributed by atoms with van der Waals surface area (Å²) in [6.45, 7) is 3.26. The lowest BCUT2D eigenvalue weighted by Crippen LogP contribution is -2.19. The number of ether oxygens (including phenoxy) is 1. The van der Waals surface area contributed by atoms with Crippen molar-refractivity contribution >= 4 is 17.7 Å². The monoisotopic (exact) mass is 206 g/mol. The first-order valence-corrected chi connectivity index (χ1v) is 4.12. The Kier molecular flexibility index (Phi) is 3.45. The van der Waals surface area contributed by atoms with Gasteiger partial charge in [-0.2, -0.15) is 0 Å². The average molecular weight is 206 g/mol. The summed E-state index contributed by atoms with van der Waals surface area (Å²) in [5, 5.41) is 2.36. The molecule has 0 aliphatic carbocycles. The van der Waals surface area contributed by atoms with Crippen molar-refractivity contribution in [3.05, 3.63) is 36.9 Å². The Balaban J connectivity index is 2.78. The van der Waals surface area contributed by atoms with Crippen LogP contribution in [0.5, 0.6) is 5.75 Å². The maximum absolute atomic E-state index is 10.9. The van der Waals surface area contributed by atoms with E-state index in [4.69, 9.17) is 10.5 Å². The minimum atomic E-state index is -0.679. The first kappa shape index (κ1) is 10.8. The van der Waals surface area contributed by atoms with Crippen molar-refractivity contribution in [2.45, 2.75) is 0 Å². The van der Waals surface area contributed by atoms with E-state index in [0.29, 0.717) is 11.4 Å². The molecular formula is C10H10N2O3. The highest BCUT2D eigenvalue weighted by Crippen LogP contribution is 2.17. The lowest BCUT2D eigenvalue weighted by Gasteiger charge is -2.04. The van der Waals surface area contributed by atoms with E-state index in [1.54, 1.807) is 18.2 Å². The molecule has 5 heteroatoms. The number of anilines is 1. The first-order valence-electron chi connectivity index (χ1n) is 4.12. The lowest BCUT2D eigenvalue weighted by molar-refractivity contribution is -0.128. The topological polar surface area (TPSA) is 81.4 Å². The molecule has 0 bridgehead atoms. The highest BCUT2D eigenvalue weighted by atomic mass is 16.5. The van der Waals surface area contributed by atoms with Gasteiger partial charge in [-0.05, 0) is 12.1 Å². The Bertz CT molecular complexity index is 401. The zero-order valence-electron chi connectivity index (χ0n) is 7.90. The van der Waals surface area contributed by atoms with Crippen LogP contribution in [0.3, 0.4) is 0 Å². The quantitative estimate of drug-likeness (QED) is 0.444. The molecule has 1 aromatic carbocycles. The fraction of sp³-hybridized carbons (Fsp3) is 0. The number of amides is 2. The molecule has 0 fully saturated rings. The number of benzene rings is 1. The third-order valence-corrected chi connectivity index (χ3v) is 1.49. The number of carbonyl (C=O) groups excluding carboxylic acids is 2. The number of hydrogen-bond acceptors (Lipinski definition) is 3. The van der Waals surface area contributed by atoms with E-state index >= 15 is 0 Å². The van der Waals surface area contributed by atoms with Gasteiger partial charge in [-0.25, -0.2) is 9.59 Å². The van der Waals surface area contributed by atoms with Crippen LogP contribution in [0.2, 0.25) is 0 Å². The summed E-state index contributed by atoms with van der Waals surface area (Å²) in [5.74, 6) is -0.252. The highest BCUT2D eigenvalue weighted by molar-refractivity contribution is 5.88. The standard InChI is InChI=1S/C10H10N2O3/c1-2-9(13)15-8-5-3-4-7(6-8)12-10(11)14/h2-6H,1H2,(H3,11,12,14). The second kappa shape index (κ2) is 4.80. The van der Waals surface area contributed by atoms with Crippen LogP contribution in [0, 0.1) is 0 Å². The van der Waals surface area contributed by atoms with Crippen molar-refractivity contribution in [1.82, 2.24) is 0 Å². The second-order valence-electron chi connectivity index (χ2n) is 2.64. The third-order valence-electron chi connectivity index (χ3n) is 1.49. The number of urea groups is 1. The molecule has 1 rings (SSSR count). The normalized spacial score (nSPS) is 9.07. The van der Waals surface area contributed by atoms with Crippen LogP contribution in [0.4, 0.5) is 10.5 Å². The van der Waals surface area contributed by atoms with Crippen molar-refractivity contribution in [3.8, 4) is 5.75 Å². The fourth-order valence-electron chi connectivity index (χ4n) is 0.937. The van der Waals surface area contributed by atoms with E-state index in [9.17, 15) is 9.59 Å². The number of hydrogen-bond donors (Lipinski definition) is 2. The summed E-state index contributed by atoms with van der Waals surface area (Å²) in [5.41, 5.74) is 5.38. The first-order chi connectivity index (χ1) is 7.11. The van der Waals surface area contributed by atoms with Crippen molar-refractivity contribution in [1.29, 1.82) is 0 Å². The molecule has 0 heterocycles. The van der Waals surface area contributed by atoms with Gasteiger partial charge in [-0.15, -0.1) is 0 Å². The second-order valence-corrected chi connectivity index (χ2v) is 2.64. The fourth-order valence-corrected chi connectivity index (χ4v) is 0.937. The number of esters is 1. The summed E-state index contributed by atoms with van der Waals surface area (Å²) in [6, 6.07) is 5.62. The molecule has 0 aromatic heterocycles. The summed E-state index contributed by atoms with van der Waals surface area (Å²) >= 11 is 0. The number of rotatable bonds is 3. The highest BCUT2D eigenvalue weighted by Gasteiger charge is 2.01. The minimum absolute atomic E-state index is 0.311. The van der Waals surface area contributed by atoms with Gasteiger partial charge in [0.25, 0.3) is 0 Å². The van der Waals surface area contributed by atoms with Crippen molar-refractivity contribution in [2.75, 3.05) is 5.32 Å². The summed E-state index contributed by atoms with van der Waals surface area (Å²) in [6.07, 6.45) is 1.05. The van der Waals surface area contributed by atoms with Gasteiger partial charge in [-0.3, -0.25) is 0 Å². The number of carbonyl (C=O) groups is 2. The maximum Gasteiger partial charge on any atom is 0.335 e. The summed E-state index contributed by atoms with van der Waals surface area (Å²) < 4.78 is 4.84. The molecule has 0 saturated heterocycles. The Morgan fingerprint density at radius 3 is 2.80 bits per heavy atom. The van der Waals surface area contributed by atoms with Crippen LogP contribution >= 0.6 is 0 Å². The van der Waals surface area contributed by atoms with Gasteiger partial charge in [0.2, 0.25) is 0 Å². The lowest BCUT2D eigenvalue weighted by atomic mass is 10.3. The number of nitrogens with two attached hydrogens (primary N) is 1. The Morgan fingerprint density at radius 1 is 1.47 bits per heavy atom. The Hall–Kier alpha value is -2.30. The summed E-state index contributed by atoms with van der Waals surface area (Å²) in [7, 11) is 0. The Labute approximate surface area is 86.5 Å². The van der Waals surface area contributed by atoms with E-state index in [1.165, 1.54) is 6.07 Å². The largest absolute Gasteiger partial charge is 0.423 e. The van der Waals surface area contributed by atoms with Crippen LogP contribution in [-0.2, 0) is 4.79 Å². The molecule has 0 aliphatic heterocycles. The van der Waals surface area contributed by atoms with Crippen LogP contribution in [-0.4, -0.2) is 12.0 Å². The molecule has 0 aliphatic rings. The SMILES string of the molecule is C=CC(=O)Oc1cccc(NC(N)=O)c1. The van der Waals surface area contributed by atoms with E-state index in [1.807, 2.05) is 0 Å². The Morgan fingerprint density at radius 2 is 2.20 bits per heavy atom. The van der Waals surface area contributed by atoms with E-state index < -0.39 is 12.0 Å². The molecule has 78 valence electrons. The predicted molar refractivity (Wildman–Crippen MR) is 55.5 cm³/mol. The number of nitrogens with one attached hydrogen (secondary N) is 1. The molecule has 0 saturated carbocycles. The molecule has 2 amide bonds. The van der Waals surface area contributed by atoms with Gasteiger partial charge in [-0.1, -0.05) is 12.6 Å². The molecule has 1 aromatic rings. The van der Waals surface area contributed by atoms with E-state index in [2.05, 4.69) is 11.9 Å². The molecule has 5 nitrogen and oxygen atoms in total. The van der Waals surface area contributed by atoms with Crippen LogP contribution < -0.4 is 15.8 Å². The van der Waals surface area contributed by atoms with Crippen molar-refractivity contribution < 1.29 is 14.3 Å². The molecule has 0 radical (unpaired) electrons. The molecule has 0 spiro atoms. The summed E-state index contributed by atoms with van der Waals surface area (Å²) in [4.78, 5) is 21.4. The van der Waals surface area contributed by atoms with Crippen molar-refractivity contribution in [3.63, 3.8) is 0 Å². The average Bonchev–Trinajstić information content (AvgIpc) is 2.17. The van der Waals surface area contributed by atoms with Gasteiger partial charge in [0, 0.05) is 17.8 Å². The van der Waals surface area contributed by atoms with Crippen LogP contribution in [0.1, 0.15) is 0 Å². The van der Waals surface area contributed by atoms with Crippen LogP contribution in [0.15, 0.2) is 36.9 Å². The minimum Gasteiger partial charge on any atom is -0.423 e. The van der Waals surface area contributed by atoms with Gasteiger partial charge in [0.1, 0.15) is 5.75 Å². The third kappa shape index (κ3) is 3.51. The van der Waals surface area contributed by atoms with E-state index in [-0.39, 0.29) is 0 Å². The smallest absolute Gasteiger partial charge is 0.335 e. The maximum atomic E-state index is 10.9. The predicted octanol–water partition coefficient (Wildman–Crippen LogP) is 1.27.